The third kappa shape index (κ3) is 3.86. The Morgan fingerprint density at radius 1 is 1.18 bits per heavy atom. The van der Waals surface area contributed by atoms with Crippen molar-refractivity contribution in [2.75, 3.05) is 13.1 Å². The highest BCUT2D eigenvalue weighted by Gasteiger charge is 2.28. The van der Waals surface area contributed by atoms with Crippen molar-refractivity contribution in [2.24, 2.45) is 0 Å². The number of piperidine rings is 1. The van der Waals surface area contributed by atoms with Crippen molar-refractivity contribution in [3.63, 3.8) is 0 Å². The third-order valence-corrected chi connectivity index (χ3v) is 6.49. The van der Waals surface area contributed by atoms with Gasteiger partial charge in [0.15, 0.2) is 16.8 Å². The van der Waals surface area contributed by atoms with Gasteiger partial charge in [0.1, 0.15) is 5.69 Å². The van der Waals surface area contributed by atoms with Crippen LogP contribution in [0.15, 0.2) is 72.4 Å². The van der Waals surface area contributed by atoms with E-state index in [4.69, 9.17) is 16.7 Å². The summed E-state index contributed by atoms with van der Waals surface area (Å²) in [5.41, 5.74) is 2.79. The molecule has 0 aliphatic carbocycles. The van der Waals surface area contributed by atoms with Crippen molar-refractivity contribution in [2.45, 2.75) is 18.9 Å². The smallest absolute Gasteiger partial charge is 0.246 e. The summed E-state index contributed by atoms with van der Waals surface area (Å²) in [6, 6.07) is 10.6. The maximum Gasteiger partial charge on any atom is 0.246 e. The minimum Gasteiger partial charge on any atom is -0.505 e. The maximum absolute atomic E-state index is 12.2. The normalized spacial score (nSPS) is 16.0. The van der Waals surface area contributed by atoms with Gasteiger partial charge in [-0.15, -0.1) is 0 Å². The van der Waals surface area contributed by atoms with Crippen LogP contribution in [0.4, 0.5) is 0 Å². The van der Waals surface area contributed by atoms with Crippen molar-refractivity contribution in [1.29, 1.82) is 0 Å². The highest BCUT2D eigenvalue weighted by Crippen LogP contribution is 2.39. The average Bonchev–Trinajstić information content (AvgIpc) is 3.27. The molecule has 1 atom stereocenters. The van der Waals surface area contributed by atoms with Crippen LogP contribution in [0.2, 0.25) is 5.02 Å². The highest BCUT2D eigenvalue weighted by atomic mass is 35.5. The molecule has 1 aliphatic rings. The fourth-order valence-electron chi connectivity index (χ4n) is 4.38. The van der Waals surface area contributed by atoms with Crippen molar-refractivity contribution >= 4 is 28.5 Å². The van der Waals surface area contributed by atoms with Gasteiger partial charge >= 0.3 is 0 Å². The van der Waals surface area contributed by atoms with Gasteiger partial charge in [-0.05, 0) is 31.1 Å². The van der Waals surface area contributed by atoms with Crippen LogP contribution in [-0.4, -0.2) is 48.3 Å². The molecule has 34 heavy (non-hydrogen) atoms. The number of hydrogen-bond donors (Lipinski definition) is 1. The minimum absolute atomic E-state index is 0.0529. The van der Waals surface area contributed by atoms with Gasteiger partial charge in [-0.25, -0.2) is 9.67 Å². The van der Waals surface area contributed by atoms with Gasteiger partial charge in [-0.3, -0.25) is 9.59 Å². The molecule has 0 saturated carbocycles. The summed E-state index contributed by atoms with van der Waals surface area (Å²) in [6.45, 7) is 4.76. The fourth-order valence-corrected chi connectivity index (χ4v) is 4.60. The molecule has 0 unspecified atom stereocenters. The number of rotatable bonds is 4. The molecule has 1 fully saturated rings. The first-order chi connectivity index (χ1) is 16.5. The van der Waals surface area contributed by atoms with E-state index in [-0.39, 0.29) is 28.1 Å². The summed E-state index contributed by atoms with van der Waals surface area (Å²) in [6.07, 6.45) is 7.73. The van der Waals surface area contributed by atoms with E-state index in [1.807, 2.05) is 33.5 Å². The maximum atomic E-state index is 12.2. The predicted octanol–water partition coefficient (Wildman–Crippen LogP) is 3.96. The second-order valence-electron chi connectivity index (χ2n) is 8.22. The quantitative estimate of drug-likeness (QED) is 0.451. The molecule has 5 rings (SSSR count). The first kappa shape index (κ1) is 21.9. The Hall–Kier alpha value is -3.91. The molecular formula is C25H22ClN5O3. The number of carbonyl (C=O) groups excluding carboxylic acids is 1. The molecule has 1 amide bonds. The van der Waals surface area contributed by atoms with Gasteiger partial charge in [-0.1, -0.05) is 30.3 Å². The lowest BCUT2D eigenvalue weighted by Crippen LogP contribution is -2.40. The zero-order chi connectivity index (χ0) is 23.8. The van der Waals surface area contributed by atoms with E-state index in [2.05, 4.69) is 11.6 Å². The summed E-state index contributed by atoms with van der Waals surface area (Å²) >= 11 is 6.52. The number of hydrogen-bond acceptors (Lipinski definition) is 5. The molecule has 0 radical (unpaired) electrons. The molecule has 1 saturated heterocycles. The number of halogens is 1. The Kier molecular flexibility index (Phi) is 5.67. The second-order valence-corrected chi connectivity index (χ2v) is 8.60. The van der Waals surface area contributed by atoms with Crippen molar-refractivity contribution in [3.8, 4) is 22.7 Å². The van der Waals surface area contributed by atoms with E-state index < -0.39 is 0 Å². The van der Waals surface area contributed by atoms with E-state index in [0.717, 1.165) is 24.1 Å². The Bertz CT molecular complexity index is 1440. The summed E-state index contributed by atoms with van der Waals surface area (Å²) in [5.74, 6) is -0.227. The van der Waals surface area contributed by atoms with Crippen LogP contribution in [-0.2, 0) is 4.79 Å². The van der Waals surface area contributed by atoms with E-state index in [9.17, 15) is 14.7 Å². The van der Waals surface area contributed by atoms with Crippen molar-refractivity contribution < 1.29 is 9.90 Å². The number of nitrogens with zero attached hydrogens (tertiary/aromatic N) is 5. The number of amides is 1. The molecular weight excluding hydrogens is 454 g/mol. The fraction of sp³-hybridized carbons (Fsp3) is 0.200. The molecule has 0 spiro atoms. The van der Waals surface area contributed by atoms with Gasteiger partial charge in [-0.2, -0.15) is 5.10 Å². The molecule has 1 aliphatic heterocycles. The van der Waals surface area contributed by atoms with E-state index >= 15 is 0 Å². The number of likely N-dealkylation sites (tertiary alicyclic amines) is 1. The Morgan fingerprint density at radius 2 is 1.91 bits per heavy atom. The van der Waals surface area contributed by atoms with Crippen LogP contribution in [0.3, 0.4) is 0 Å². The SMILES string of the molecule is C=CC(=O)N1CCC[C@@H](n2nc(-c3ccc(-n4ccc(=O)cc4)cc3)c3c(Cl)c(O)cnc32)C1. The largest absolute Gasteiger partial charge is 0.505 e. The minimum atomic E-state index is -0.119. The monoisotopic (exact) mass is 475 g/mol. The molecule has 3 aromatic heterocycles. The topological polar surface area (TPSA) is 93.2 Å². The van der Waals surface area contributed by atoms with Crippen molar-refractivity contribution in [1.82, 2.24) is 24.2 Å². The van der Waals surface area contributed by atoms with Crippen molar-refractivity contribution in [3.05, 3.63) is 82.9 Å². The standard InChI is InChI=1S/C25H22ClN5O3/c1-2-21(34)30-11-3-4-18(15-30)31-25-22(23(26)20(33)14-27-25)24(28-31)16-5-7-17(8-6-16)29-12-9-19(32)10-13-29/h2,5-10,12-14,18,33H,1,3-4,11,15H2/t18-/m1/s1. The zero-order valence-corrected chi connectivity index (χ0v) is 19.0. The molecule has 8 nitrogen and oxygen atoms in total. The van der Waals surface area contributed by atoms with Gasteiger partial charge in [0.05, 0.1) is 22.6 Å². The number of benzene rings is 1. The molecule has 0 bridgehead atoms. The molecule has 1 N–H and O–H groups in total. The summed E-state index contributed by atoms with van der Waals surface area (Å²) in [7, 11) is 0. The molecule has 9 heteroatoms. The number of carbonyl (C=O) groups is 1. The van der Waals surface area contributed by atoms with E-state index in [0.29, 0.717) is 29.8 Å². The van der Waals surface area contributed by atoms with Crippen LogP contribution in [0.25, 0.3) is 28.0 Å². The van der Waals surface area contributed by atoms with Crippen LogP contribution in [0.1, 0.15) is 18.9 Å². The Balaban J connectivity index is 1.58. The Labute approximate surface area is 200 Å². The van der Waals surface area contributed by atoms with Crippen LogP contribution in [0.5, 0.6) is 5.75 Å². The van der Waals surface area contributed by atoms with Crippen LogP contribution in [0, 0.1) is 0 Å². The number of aromatic hydroxyl groups is 1. The summed E-state index contributed by atoms with van der Waals surface area (Å²) in [4.78, 5) is 29.8. The lowest BCUT2D eigenvalue weighted by molar-refractivity contribution is -0.127. The van der Waals surface area contributed by atoms with Crippen LogP contribution >= 0.6 is 11.6 Å². The first-order valence-corrected chi connectivity index (χ1v) is 11.3. The van der Waals surface area contributed by atoms with E-state index in [1.165, 1.54) is 24.4 Å². The lowest BCUT2D eigenvalue weighted by atomic mass is 10.1. The number of pyridine rings is 2. The third-order valence-electron chi connectivity index (χ3n) is 6.11. The van der Waals surface area contributed by atoms with Gasteiger partial charge < -0.3 is 14.6 Å². The average molecular weight is 476 g/mol. The zero-order valence-electron chi connectivity index (χ0n) is 18.3. The van der Waals surface area contributed by atoms with Crippen LogP contribution < -0.4 is 5.43 Å². The molecule has 1 aromatic carbocycles. The van der Waals surface area contributed by atoms with E-state index in [1.54, 1.807) is 17.3 Å². The first-order valence-electron chi connectivity index (χ1n) is 10.9. The number of fused-ring (bicyclic) bond motifs is 1. The number of aromatic nitrogens is 4. The summed E-state index contributed by atoms with van der Waals surface area (Å²) < 4.78 is 3.66. The van der Waals surface area contributed by atoms with Gasteiger partial charge in [0.25, 0.3) is 0 Å². The van der Waals surface area contributed by atoms with Gasteiger partial charge in [0.2, 0.25) is 5.91 Å². The second kappa shape index (κ2) is 8.79. The summed E-state index contributed by atoms with van der Waals surface area (Å²) in [5, 5.41) is 15.9. The van der Waals surface area contributed by atoms with Gasteiger partial charge in [0, 0.05) is 48.9 Å². The molecule has 172 valence electrons. The lowest BCUT2D eigenvalue weighted by Gasteiger charge is -2.32. The molecule has 4 heterocycles. The Morgan fingerprint density at radius 3 is 2.62 bits per heavy atom. The predicted molar refractivity (Wildman–Crippen MR) is 130 cm³/mol. The highest BCUT2D eigenvalue weighted by molar-refractivity contribution is 6.37. The molecule has 4 aromatic rings.